The molecule has 1 aromatic carbocycles. The molecule has 6 heteroatoms. The van der Waals surface area contributed by atoms with E-state index in [2.05, 4.69) is 10.3 Å². The van der Waals surface area contributed by atoms with Crippen LogP contribution >= 0.6 is 11.3 Å². The number of aromatic hydroxyl groups is 1. The number of hydrogen-bond acceptors (Lipinski definition) is 5. The lowest BCUT2D eigenvalue weighted by Crippen LogP contribution is -2.12. The third kappa shape index (κ3) is 1.96. The van der Waals surface area contributed by atoms with Crippen LogP contribution in [0.5, 0.6) is 5.75 Å². The maximum atomic E-state index is 11.7. The van der Waals surface area contributed by atoms with Gasteiger partial charge in [0.2, 0.25) is 0 Å². The van der Waals surface area contributed by atoms with Gasteiger partial charge in [-0.1, -0.05) is 6.07 Å². The van der Waals surface area contributed by atoms with E-state index >= 15 is 0 Å². The SMILES string of the molecule is Nc1cccc(C(=O)Nc2nccs2)c1O. The monoisotopic (exact) mass is 235 g/mol. The van der Waals surface area contributed by atoms with E-state index in [-0.39, 0.29) is 17.0 Å². The normalized spacial score (nSPS) is 10.0. The smallest absolute Gasteiger partial charge is 0.261 e. The molecule has 0 spiro atoms. The minimum Gasteiger partial charge on any atom is -0.505 e. The van der Waals surface area contributed by atoms with Crippen LogP contribution in [0.3, 0.4) is 0 Å². The van der Waals surface area contributed by atoms with Crippen LogP contribution in [0.2, 0.25) is 0 Å². The zero-order valence-electron chi connectivity index (χ0n) is 8.18. The van der Waals surface area contributed by atoms with Crippen LogP contribution in [0.1, 0.15) is 10.4 Å². The number of amides is 1. The summed E-state index contributed by atoms with van der Waals surface area (Å²) >= 11 is 1.30. The fourth-order valence-corrected chi connectivity index (χ4v) is 1.72. The molecule has 0 aliphatic carbocycles. The first-order valence-electron chi connectivity index (χ1n) is 4.47. The largest absolute Gasteiger partial charge is 0.505 e. The summed E-state index contributed by atoms with van der Waals surface area (Å²) in [4.78, 5) is 15.6. The number of nitrogens with one attached hydrogen (secondary N) is 1. The van der Waals surface area contributed by atoms with E-state index in [1.807, 2.05) is 0 Å². The van der Waals surface area contributed by atoms with Gasteiger partial charge in [0.15, 0.2) is 10.9 Å². The Morgan fingerprint density at radius 2 is 2.31 bits per heavy atom. The minimum absolute atomic E-state index is 0.134. The average molecular weight is 235 g/mol. The minimum atomic E-state index is -0.431. The summed E-state index contributed by atoms with van der Waals surface area (Å²) in [6.45, 7) is 0. The molecule has 2 rings (SSSR count). The van der Waals surface area contributed by atoms with E-state index < -0.39 is 5.91 Å². The number of rotatable bonds is 2. The van der Waals surface area contributed by atoms with Crippen molar-refractivity contribution in [2.24, 2.45) is 0 Å². The number of nitrogens with zero attached hydrogens (tertiary/aromatic N) is 1. The lowest BCUT2D eigenvalue weighted by atomic mass is 10.1. The van der Waals surface area contributed by atoms with Gasteiger partial charge in [0.05, 0.1) is 11.3 Å². The Hall–Kier alpha value is -2.08. The Morgan fingerprint density at radius 1 is 1.50 bits per heavy atom. The molecule has 0 unspecified atom stereocenters. The van der Waals surface area contributed by atoms with Crippen molar-refractivity contribution in [1.29, 1.82) is 0 Å². The van der Waals surface area contributed by atoms with Crippen LogP contribution in [-0.2, 0) is 0 Å². The van der Waals surface area contributed by atoms with Gasteiger partial charge in [-0.05, 0) is 12.1 Å². The van der Waals surface area contributed by atoms with Crippen molar-refractivity contribution < 1.29 is 9.90 Å². The van der Waals surface area contributed by atoms with Crippen LogP contribution < -0.4 is 11.1 Å². The molecule has 1 heterocycles. The third-order valence-corrected chi connectivity index (χ3v) is 2.65. The van der Waals surface area contributed by atoms with E-state index in [0.29, 0.717) is 5.13 Å². The van der Waals surface area contributed by atoms with Crippen LogP contribution in [0.15, 0.2) is 29.8 Å². The molecular weight excluding hydrogens is 226 g/mol. The van der Waals surface area contributed by atoms with Gasteiger partial charge in [0.25, 0.3) is 5.91 Å². The first-order valence-corrected chi connectivity index (χ1v) is 5.35. The highest BCUT2D eigenvalue weighted by atomic mass is 32.1. The summed E-state index contributed by atoms with van der Waals surface area (Å²) in [5, 5.41) is 14.4. The van der Waals surface area contributed by atoms with Crippen molar-refractivity contribution in [2.75, 3.05) is 11.1 Å². The van der Waals surface area contributed by atoms with Gasteiger partial charge >= 0.3 is 0 Å². The average Bonchev–Trinajstić information content (AvgIpc) is 2.74. The first-order chi connectivity index (χ1) is 7.68. The number of phenols is 1. The molecule has 1 amide bonds. The Balaban J connectivity index is 2.24. The van der Waals surface area contributed by atoms with Crippen molar-refractivity contribution in [3.63, 3.8) is 0 Å². The molecule has 0 bridgehead atoms. The van der Waals surface area contributed by atoms with Gasteiger partial charge in [0.1, 0.15) is 0 Å². The van der Waals surface area contributed by atoms with Gasteiger partial charge in [-0.3, -0.25) is 10.1 Å². The number of carbonyl (C=O) groups excluding carboxylic acids is 1. The Bertz CT molecular complexity index is 511. The fourth-order valence-electron chi connectivity index (χ4n) is 1.19. The highest BCUT2D eigenvalue weighted by Crippen LogP contribution is 2.25. The number of hydrogen-bond donors (Lipinski definition) is 3. The molecule has 0 saturated carbocycles. The van der Waals surface area contributed by atoms with Crippen LogP contribution in [0.4, 0.5) is 10.8 Å². The number of aromatic nitrogens is 1. The number of para-hydroxylation sites is 1. The number of benzene rings is 1. The van der Waals surface area contributed by atoms with Crippen LogP contribution in [0.25, 0.3) is 0 Å². The topological polar surface area (TPSA) is 88.2 Å². The molecule has 0 atom stereocenters. The van der Waals surface area contributed by atoms with Crippen molar-refractivity contribution in [2.45, 2.75) is 0 Å². The second-order valence-corrected chi connectivity index (χ2v) is 3.93. The Morgan fingerprint density at radius 3 is 3.00 bits per heavy atom. The molecule has 2 aromatic rings. The maximum Gasteiger partial charge on any atom is 0.261 e. The quantitative estimate of drug-likeness (QED) is 0.546. The summed E-state index contributed by atoms with van der Waals surface area (Å²) in [7, 11) is 0. The summed E-state index contributed by atoms with van der Waals surface area (Å²) in [6.07, 6.45) is 1.58. The zero-order chi connectivity index (χ0) is 11.5. The summed E-state index contributed by atoms with van der Waals surface area (Å²) in [5.74, 6) is -0.642. The third-order valence-electron chi connectivity index (χ3n) is 1.96. The van der Waals surface area contributed by atoms with Gasteiger partial charge in [-0.15, -0.1) is 11.3 Å². The van der Waals surface area contributed by atoms with E-state index in [9.17, 15) is 9.90 Å². The standard InChI is InChI=1S/C10H9N3O2S/c11-7-3-1-2-6(8(7)14)9(15)13-10-12-4-5-16-10/h1-5,14H,11H2,(H,12,13,15). The molecule has 16 heavy (non-hydrogen) atoms. The van der Waals surface area contributed by atoms with Gasteiger partial charge < -0.3 is 10.8 Å². The summed E-state index contributed by atoms with van der Waals surface area (Å²) in [6, 6.07) is 4.62. The lowest BCUT2D eigenvalue weighted by molar-refractivity contribution is 0.102. The van der Waals surface area contributed by atoms with Gasteiger partial charge in [0, 0.05) is 11.6 Å². The molecular formula is C10H9N3O2S. The number of anilines is 2. The molecule has 0 radical (unpaired) electrons. The predicted molar refractivity (Wildman–Crippen MR) is 62.6 cm³/mol. The highest BCUT2D eigenvalue weighted by molar-refractivity contribution is 7.13. The Kier molecular flexibility index (Phi) is 2.74. The van der Waals surface area contributed by atoms with Crippen LogP contribution in [0, 0.1) is 0 Å². The molecule has 0 saturated heterocycles. The van der Waals surface area contributed by atoms with Crippen molar-refractivity contribution in [3.05, 3.63) is 35.3 Å². The number of phenolic OH excluding ortho intramolecular Hbond substituents is 1. The second kappa shape index (κ2) is 4.19. The van der Waals surface area contributed by atoms with E-state index in [4.69, 9.17) is 5.73 Å². The van der Waals surface area contributed by atoms with Crippen molar-refractivity contribution in [1.82, 2.24) is 4.98 Å². The highest BCUT2D eigenvalue weighted by Gasteiger charge is 2.13. The second-order valence-electron chi connectivity index (χ2n) is 3.03. The van der Waals surface area contributed by atoms with Crippen molar-refractivity contribution >= 4 is 28.1 Å². The predicted octanol–water partition coefficient (Wildman–Crippen LogP) is 1.68. The molecule has 1 aromatic heterocycles. The summed E-state index contributed by atoms with van der Waals surface area (Å²) < 4.78 is 0. The Labute approximate surface area is 95.6 Å². The fraction of sp³-hybridized carbons (Fsp3) is 0. The van der Waals surface area contributed by atoms with Crippen LogP contribution in [-0.4, -0.2) is 16.0 Å². The molecule has 82 valence electrons. The molecule has 5 nitrogen and oxygen atoms in total. The van der Waals surface area contributed by atoms with E-state index in [1.54, 1.807) is 17.6 Å². The number of nitrogen functional groups attached to an aromatic ring is 1. The first kappa shape index (κ1) is 10.4. The zero-order valence-corrected chi connectivity index (χ0v) is 8.99. The van der Waals surface area contributed by atoms with E-state index in [0.717, 1.165) is 0 Å². The molecule has 0 aliphatic heterocycles. The summed E-state index contributed by atoms with van der Waals surface area (Å²) in [5.41, 5.74) is 5.80. The number of nitrogens with two attached hydrogens (primary N) is 1. The lowest BCUT2D eigenvalue weighted by Gasteiger charge is -2.05. The van der Waals surface area contributed by atoms with E-state index in [1.165, 1.54) is 23.5 Å². The molecule has 4 N–H and O–H groups in total. The maximum absolute atomic E-state index is 11.7. The molecule has 0 fully saturated rings. The number of carbonyl (C=O) groups is 1. The molecule has 0 aliphatic rings. The van der Waals surface area contributed by atoms with Gasteiger partial charge in [-0.25, -0.2) is 4.98 Å². The van der Waals surface area contributed by atoms with Gasteiger partial charge in [-0.2, -0.15) is 0 Å². The number of thiazole rings is 1. The van der Waals surface area contributed by atoms with Crippen molar-refractivity contribution in [3.8, 4) is 5.75 Å².